The summed E-state index contributed by atoms with van der Waals surface area (Å²) < 4.78 is 0. The Labute approximate surface area is 186 Å². The van der Waals surface area contributed by atoms with E-state index in [0.717, 1.165) is 41.6 Å². The van der Waals surface area contributed by atoms with E-state index in [-0.39, 0.29) is 17.5 Å². The summed E-state index contributed by atoms with van der Waals surface area (Å²) in [5.74, 6) is -0.0112. The Hall–Kier alpha value is -3.06. The number of benzene rings is 2. The Bertz CT molecular complexity index is 1010. The van der Waals surface area contributed by atoms with Gasteiger partial charge in [0.25, 0.3) is 5.91 Å². The molecule has 0 fully saturated rings. The van der Waals surface area contributed by atoms with Crippen LogP contribution in [0.2, 0.25) is 0 Å². The molecule has 0 radical (unpaired) electrons. The predicted octanol–water partition coefficient (Wildman–Crippen LogP) is 6.08. The second-order valence-corrected chi connectivity index (χ2v) is 8.68. The number of hydrogen-bond acceptors (Lipinski definition) is 3. The van der Waals surface area contributed by atoms with Crippen LogP contribution in [0.4, 0.5) is 5.69 Å². The summed E-state index contributed by atoms with van der Waals surface area (Å²) in [6, 6.07) is 14.6. The van der Waals surface area contributed by atoms with E-state index < -0.39 is 0 Å². The largest absolute Gasteiger partial charge is 0.360 e. The molecule has 0 aromatic heterocycles. The number of amides is 1. The van der Waals surface area contributed by atoms with Crippen molar-refractivity contribution >= 4 is 11.6 Å². The predicted molar refractivity (Wildman–Crippen MR) is 127 cm³/mol. The molecule has 0 aliphatic heterocycles. The van der Waals surface area contributed by atoms with Crippen molar-refractivity contribution in [1.82, 2.24) is 5.32 Å². The average molecular weight is 416 g/mol. The average Bonchev–Trinajstić information content (AvgIpc) is 2.78. The van der Waals surface area contributed by atoms with E-state index >= 15 is 0 Å². The molecule has 0 bridgehead atoms. The summed E-state index contributed by atoms with van der Waals surface area (Å²) in [6.07, 6.45) is 7.03. The maximum absolute atomic E-state index is 12.9. The van der Waals surface area contributed by atoms with Gasteiger partial charge >= 0.3 is 0 Å². The number of anilines is 1. The molecular weight excluding hydrogens is 382 g/mol. The Balaban J connectivity index is 1.77. The van der Waals surface area contributed by atoms with Crippen LogP contribution in [0.1, 0.15) is 79.8 Å². The molecule has 0 saturated heterocycles. The minimum Gasteiger partial charge on any atom is -0.360 e. The maximum atomic E-state index is 12.9. The summed E-state index contributed by atoms with van der Waals surface area (Å²) >= 11 is 0. The van der Waals surface area contributed by atoms with Gasteiger partial charge in [0.1, 0.15) is 11.6 Å². The van der Waals surface area contributed by atoms with Gasteiger partial charge < -0.3 is 10.6 Å². The summed E-state index contributed by atoms with van der Waals surface area (Å²) in [7, 11) is 0. The number of fused-ring (bicyclic) bond motifs is 1. The lowest BCUT2D eigenvalue weighted by Crippen LogP contribution is -2.29. The van der Waals surface area contributed by atoms with Gasteiger partial charge in [0, 0.05) is 11.9 Å². The van der Waals surface area contributed by atoms with Gasteiger partial charge in [-0.25, -0.2) is 0 Å². The van der Waals surface area contributed by atoms with E-state index in [0.29, 0.717) is 5.92 Å². The number of nitrogens with one attached hydrogen (secondary N) is 2. The first-order valence-corrected chi connectivity index (χ1v) is 11.3. The second-order valence-electron chi connectivity index (χ2n) is 8.68. The summed E-state index contributed by atoms with van der Waals surface area (Å²) in [5, 5.41) is 15.9. The molecule has 2 N–H and O–H groups in total. The number of rotatable bonds is 7. The number of aryl methyl sites for hydroxylation is 3. The minimum atomic E-state index is -0.348. The highest BCUT2D eigenvalue weighted by Crippen LogP contribution is 2.28. The second kappa shape index (κ2) is 10.3. The molecule has 0 spiro atoms. The van der Waals surface area contributed by atoms with Crippen molar-refractivity contribution in [2.24, 2.45) is 0 Å². The lowest BCUT2D eigenvalue weighted by molar-refractivity contribution is -0.117. The van der Waals surface area contributed by atoms with E-state index in [1.165, 1.54) is 30.2 Å². The van der Waals surface area contributed by atoms with E-state index in [4.69, 9.17) is 0 Å². The zero-order chi connectivity index (χ0) is 22.4. The van der Waals surface area contributed by atoms with Crippen molar-refractivity contribution in [2.75, 3.05) is 5.32 Å². The molecule has 0 saturated carbocycles. The normalized spacial score (nSPS) is 14.5. The third-order valence-electron chi connectivity index (χ3n) is 6.14. The first-order chi connectivity index (χ1) is 14.9. The molecule has 1 aliphatic carbocycles. The van der Waals surface area contributed by atoms with Crippen LogP contribution in [0, 0.1) is 18.3 Å². The van der Waals surface area contributed by atoms with Crippen molar-refractivity contribution in [3.63, 3.8) is 0 Å². The molecule has 4 nitrogen and oxygen atoms in total. The van der Waals surface area contributed by atoms with Crippen LogP contribution in [0.15, 0.2) is 48.2 Å². The monoisotopic (exact) mass is 415 g/mol. The topological polar surface area (TPSA) is 64.9 Å². The number of nitrogens with zero attached hydrogens (tertiary/aromatic N) is 1. The zero-order valence-electron chi connectivity index (χ0n) is 19.1. The highest BCUT2D eigenvalue weighted by atomic mass is 16.1. The van der Waals surface area contributed by atoms with Crippen molar-refractivity contribution in [1.29, 1.82) is 5.26 Å². The summed E-state index contributed by atoms with van der Waals surface area (Å²) in [5.41, 5.74) is 7.22. The molecule has 1 aliphatic rings. The molecule has 1 atom stereocenters. The van der Waals surface area contributed by atoms with Crippen LogP contribution in [0.3, 0.4) is 0 Å². The molecule has 1 amide bonds. The Morgan fingerprint density at radius 2 is 1.90 bits per heavy atom. The van der Waals surface area contributed by atoms with Gasteiger partial charge in [-0.2, -0.15) is 5.26 Å². The lowest BCUT2D eigenvalue weighted by atomic mass is 9.88. The SMILES string of the molecule is CCC(NC(=O)/C(C#N)=C\Nc1c(C)cccc1C(C)C)c1ccc2c(c1)CCCC2. The zero-order valence-corrected chi connectivity index (χ0v) is 19.1. The van der Waals surface area contributed by atoms with E-state index in [9.17, 15) is 10.1 Å². The van der Waals surface area contributed by atoms with Crippen LogP contribution < -0.4 is 10.6 Å². The molecule has 2 aromatic rings. The third kappa shape index (κ3) is 5.35. The molecule has 4 heteroatoms. The van der Waals surface area contributed by atoms with E-state index in [2.05, 4.69) is 61.7 Å². The molecule has 0 heterocycles. The summed E-state index contributed by atoms with van der Waals surface area (Å²) in [6.45, 7) is 8.34. The van der Waals surface area contributed by atoms with Gasteiger partial charge in [0.15, 0.2) is 0 Å². The summed E-state index contributed by atoms with van der Waals surface area (Å²) in [4.78, 5) is 12.9. The maximum Gasteiger partial charge on any atom is 0.263 e. The van der Waals surface area contributed by atoms with Gasteiger partial charge in [0.2, 0.25) is 0 Å². The smallest absolute Gasteiger partial charge is 0.263 e. The molecule has 2 aromatic carbocycles. The number of para-hydroxylation sites is 1. The van der Waals surface area contributed by atoms with Crippen LogP contribution in [-0.4, -0.2) is 5.91 Å². The van der Waals surface area contributed by atoms with E-state index in [1.54, 1.807) is 0 Å². The third-order valence-corrected chi connectivity index (χ3v) is 6.14. The van der Waals surface area contributed by atoms with Gasteiger partial charge in [0.05, 0.1) is 6.04 Å². The fourth-order valence-corrected chi connectivity index (χ4v) is 4.29. The van der Waals surface area contributed by atoms with Gasteiger partial charge in [-0.1, -0.05) is 57.2 Å². The fourth-order valence-electron chi connectivity index (χ4n) is 4.29. The molecule has 162 valence electrons. The molecule has 3 rings (SSSR count). The first-order valence-electron chi connectivity index (χ1n) is 11.3. The number of nitriles is 1. The number of carbonyl (C=O) groups excluding carboxylic acids is 1. The number of carbonyl (C=O) groups is 1. The van der Waals surface area contributed by atoms with Gasteiger partial charge in [-0.05, 0) is 72.8 Å². The lowest BCUT2D eigenvalue weighted by Gasteiger charge is -2.21. The van der Waals surface area contributed by atoms with E-state index in [1.807, 2.05) is 19.1 Å². The highest BCUT2D eigenvalue weighted by Gasteiger charge is 2.18. The Morgan fingerprint density at radius 3 is 2.58 bits per heavy atom. The molecular formula is C27H33N3O. The quantitative estimate of drug-likeness (QED) is 0.425. The molecule has 31 heavy (non-hydrogen) atoms. The fraction of sp³-hybridized carbons (Fsp3) is 0.407. The van der Waals surface area contributed by atoms with Crippen molar-refractivity contribution in [3.8, 4) is 6.07 Å². The Kier molecular flexibility index (Phi) is 7.52. The Morgan fingerprint density at radius 1 is 1.16 bits per heavy atom. The van der Waals surface area contributed by atoms with Crippen LogP contribution >= 0.6 is 0 Å². The van der Waals surface area contributed by atoms with Gasteiger partial charge in [-0.15, -0.1) is 0 Å². The number of hydrogen-bond donors (Lipinski definition) is 2. The van der Waals surface area contributed by atoms with Crippen molar-refractivity contribution in [3.05, 3.63) is 76.0 Å². The first kappa shape index (κ1) is 22.6. The molecule has 1 unspecified atom stereocenters. The van der Waals surface area contributed by atoms with Crippen LogP contribution in [-0.2, 0) is 17.6 Å². The standard InChI is InChI=1S/C27H33N3O/c1-5-25(22-14-13-20-10-6-7-11-21(20)15-22)30-27(31)23(16-28)17-29-26-19(4)9-8-12-24(26)18(2)3/h8-9,12-15,17-18,25,29H,5-7,10-11H2,1-4H3,(H,30,31)/b23-17-. The van der Waals surface area contributed by atoms with Gasteiger partial charge in [-0.3, -0.25) is 4.79 Å². The van der Waals surface area contributed by atoms with Crippen LogP contribution in [0.5, 0.6) is 0 Å². The van der Waals surface area contributed by atoms with Crippen molar-refractivity contribution in [2.45, 2.75) is 71.8 Å². The van der Waals surface area contributed by atoms with Crippen molar-refractivity contribution < 1.29 is 4.79 Å². The highest BCUT2D eigenvalue weighted by molar-refractivity contribution is 5.97. The minimum absolute atomic E-state index is 0.0781. The van der Waals surface area contributed by atoms with Crippen LogP contribution in [0.25, 0.3) is 0 Å².